The molecular weight excluding hydrogens is 298 g/mol. The molecule has 1 unspecified atom stereocenters. The molecule has 126 valence electrons. The molecule has 1 rings (SSSR count). The number of esters is 1. The van der Waals surface area contributed by atoms with Crippen LogP contribution in [0.2, 0.25) is 0 Å². The predicted molar refractivity (Wildman–Crippen MR) is 84.6 cm³/mol. The molecule has 1 N–H and O–H groups in total. The van der Waals surface area contributed by atoms with Crippen LogP contribution in [0.3, 0.4) is 0 Å². The second-order valence-electron chi connectivity index (χ2n) is 6.15. The van der Waals surface area contributed by atoms with Gasteiger partial charge in [-0.15, -0.1) is 0 Å². The normalized spacial score (nSPS) is 12.2. The van der Waals surface area contributed by atoms with Gasteiger partial charge in [-0.1, -0.05) is 51.1 Å². The minimum atomic E-state index is -0.981. The maximum atomic E-state index is 12.3. The van der Waals surface area contributed by atoms with Crippen molar-refractivity contribution in [2.24, 2.45) is 5.41 Å². The van der Waals surface area contributed by atoms with Gasteiger partial charge in [0.2, 0.25) is 0 Å². The Morgan fingerprint density at radius 1 is 1.13 bits per heavy atom. The van der Waals surface area contributed by atoms with E-state index in [0.29, 0.717) is 0 Å². The molecule has 0 aliphatic carbocycles. The number of hydrogen-bond acceptors (Lipinski definition) is 5. The number of ether oxygens (including phenoxy) is 2. The summed E-state index contributed by atoms with van der Waals surface area (Å²) in [6.07, 6.45) is -0.999. The highest BCUT2D eigenvalue weighted by Crippen LogP contribution is 2.19. The monoisotopic (exact) mass is 321 g/mol. The lowest BCUT2D eigenvalue weighted by atomic mass is 9.85. The number of amides is 1. The van der Waals surface area contributed by atoms with Gasteiger partial charge in [-0.05, 0) is 5.56 Å². The largest absolute Gasteiger partial charge is 0.461 e. The average Bonchev–Trinajstić information content (AvgIpc) is 2.51. The van der Waals surface area contributed by atoms with Crippen molar-refractivity contribution in [1.29, 1.82) is 0 Å². The molecule has 0 aromatic heterocycles. The second-order valence-corrected chi connectivity index (χ2v) is 6.15. The molecule has 0 heterocycles. The van der Waals surface area contributed by atoms with Crippen LogP contribution in [0.25, 0.3) is 0 Å². The van der Waals surface area contributed by atoms with E-state index in [1.807, 2.05) is 30.3 Å². The summed E-state index contributed by atoms with van der Waals surface area (Å²) in [5, 5.41) is 2.39. The number of ketones is 1. The first-order chi connectivity index (χ1) is 10.7. The molecule has 0 saturated heterocycles. The number of methoxy groups -OCH3 is 1. The lowest BCUT2D eigenvalue weighted by molar-refractivity contribution is -0.147. The van der Waals surface area contributed by atoms with Gasteiger partial charge in [0.05, 0.1) is 13.5 Å². The summed E-state index contributed by atoms with van der Waals surface area (Å²) in [5.74, 6) is -0.826. The van der Waals surface area contributed by atoms with Gasteiger partial charge in [-0.25, -0.2) is 4.79 Å². The van der Waals surface area contributed by atoms with Crippen LogP contribution >= 0.6 is 0 Å². The van der Waals surface area contributed by atoms with E-state index in [0.717, 1.165) is 5.56 Å². The molecule has 1 aromatic rings. The highest BCUT2D eigenvalue weighted by molar-refractivity contribution is 5.94. The molecule has 0 fully saturated rings. The first kappa shape index (κ1) is 18.7. The number of benzene rings is 1. The number of carbonyl (C=O) groups excluding carboxylic acids is 3. The number of rotatable bonds is 6. The van der Waals surface area contributed by atoms with Crippen LogP contribution in [0.1, 0.15) is 32.8 Å². The van der Waals surface area contributed by atoms with Crippen LogP contribution in [0.5, 0.6) is 0 Å². The van der Waals surface area contributed by atoms with Gasteiger partial charge in [0.1, 0.15) is 12.6 Å². The number of Topliss-reactive ketones (excluding diaryl/α,β-unsaturated/α-hetero) is 1. The van der Waals surface area contributed by atoms with Crippen LogP contribution in [0.4, 0.5) is 4.79 Å². The van der Waals surface area contributed by atoms with Gasteiger partial charge in [-0.2, -0.15) is 0 Å². The van der Waals surface area contributed by atoms with Crippen molar-refractivity contribution in [1.82, 2.24) is 5.32 Å². The average molecular weight is 321 g/mol. The summed E-state index contributed by atoms with van der Waals surface area (Å²) in [6.45, 7) is 5.28. The Labute approximate surface area is 136 Å². The van der Waals surface area contributed by atoms with Crippen LogP contribution in [-0.4, -0.2) is 31.0 Å². The fourth-order valence-corrected chi connectivity index (χ4v) is 1.90. The molecule has 6 nitrogen and oxygen atoms in total. The second kappa shape index (κ2) is 8.31. The van der Waals surface area contributed by atoms with Gasteiger partial charge in [0.25, 0.3) is 0 Å². The molecule has 1 atom stereocenters. The predicted octanol–water partition coefficient (Wildman–Crippen LogP) is 2.46. The van der Waals surface area contributed by atoms with Crippen molar-refractivity contribution in [2.75, 3.05) is 7.11 Å². The summed E-state index contributed by atoms with van der Waals surface area (Å²) in [4.78, 5) is 35.7. The summed E-state index contributed by atoms with van der Waals surface area (Å²) in [5.41, 5.74) is 0.145. The van der Waals surface area contributed by atoms with E-state index in [1.54, 1.807) is 20.8 Å². The number of alkyl carbamates (subject to hydrolysis) is 1. The van der Waals surface area contributed by atoms with Crippen molar-refractivity contribution < 1.29 is 23.9 Å². The molecule has 0 spiro atoms. The van der Waals surface area contributed by atoms with Gasteiger partial charge < -0.3 is 14.8 Å². The minimum absolute atomic E-state index is 0.119. The third-order valence-electron chi connectivity index (χ3n) is 3.15. The van der Waals surface area contributed by atoms with Crippen molar-refractivity contribution in [3.8, 4) is 0 Å². The molecule has 1 amide bonds. The van der Waals surface area contributed by atoms with Crippen LogP contribution in [0.15, 0.2) is 30.3 Å². The van der Waals surface area contributed by atoms with Crippen LogP contribution in [0, 0.1) is 5.41 Å². The van der Waals surface area contributed by atoms with Crippen molar-refractivity contribution >= 4 is 17.8 Å². The standard InChI is InChI=1S/C17H23NO5/c1-17(2,3)15(20)13(18-16(21)22-4)10-14(19)23-11-12-8-6-5-7-9-12/h5-9,13H,10-11H2,1-4H3,(H,18,21). The number of hydrogen-bond donors (Lipinski definition) is 1. The van der Waals surface area contributed by atoms with E-state index in [1.165, 1.54) is 7.11 Å². The summed E-state index contributed by atoms with van der Waals surface area (Å²) in [7, 11) is 1.20. The minimum Gasteiger partial charge on any atom is -0.461 e. The Morgan fingerprint density at radius 3 is 2.26 bits per heavy atom. The van der Waals surface area contributed by atoms with Crippen LogP contribution < -0.4 is 5.32 Å². The van der Waals surface area contributed by atoms with Crippen molar-refractivity contribution in [3.05, 3.63) is 35.9 Å². The van der Waals surface area contributed by atoms with E-state index in [9.17, 15) is 14.4 Å². The highest BCUT2D eigenvalue weighted by Gasteiger charge is 2.33. The lowest BCUT2D eigenvalue weighted by Crippen LogP contribution is -2.46. The van der Waals surface area contributed by atoms with Crippen LogP contribution in [-0.2, 0) is 25.7 Å². The van der Waals surface area contributed by atoms with E-state index in [4.69, 9.17) is 4.74 Å². The van der Waals surface area contributed by atoms with E-state index < -0.39 is 23.5 Å². The zero-order valence-corrected chi connectivity index (χ0v) is 13.9. The topological polar surface area (TPSA) is 81.7 Å². The zero-order valence-electron chi connectivity index (χ0n) is 13.9. The number of nitrogens with one attached hydrogen (secondary N) is 1. The van der Waals surface area contributed by atoms with E-state index in [2.05, 4.69) is 10.1 Å². The lowest BCUT2D eigenvalue weighted by Gasteiger charge is -2.24. The smallest absolute Gasteiger partial charge is 0.407 e. The zero-order chi connectivity index (χ0) is 17.5. The summed E-state index contributed by atoms with van der Waals surface area (Å²) >= 11 is 0. The Bertz CT molecular complexity index is 548. The maximum absolute atomic E-state index is 12.3. The van der Waals surface area contributed by atoms with Gasteiger partial charge in [0.15, 0.2) is 5.78 Å². The molecule has 0 aliphatic heterocycles. The van der Waals surface area contributed by atoms with Gasteiger partial charge in [0, 0.05) is 5.41 Å². The summed E-state index contributed by atoms with van der Waals surface area (Å²) < 4.78 is 9.65. The fraction of sp³-hybridized carbons (Fsp3) is 0.471. The Hall–Kier alpha value is -2.37. The molecule has 0 saturated carbocycles. The molecule has 1 aromatic carbocycles. The van der Waals surface area contributed by atoms with Crippen molar-refractivity contribution in [2.45, 2.75) is 39.8 Å². The Morgan fingerprint density at radius 2 is 1.74 bits per heavy atom. The quantitative estimate of drug-likeness (QED) is 0.814. The van der Waals surface area contributed by atoms with Gasteiger partial charge >= 0.3 is 12.1 Å². The van der Waals surface area contributed by atoms with Crippen molar-refractivity contribution in [3.63, 3.8) is 0 Å². The first-order valence-corrected chi connectivity index (χ1v) is 7.32. The molecule has 0 radical (unpaired) electrons. The SMILES string of the molecule is COC(=O)NC(CC(=O)OCc1ccccc1)C(=O)C(C)(C)C. The molecule has 6 heteroatoms. The third kappa shape index (κ3) is 6.50. The summed E-state index contributed by atoms with van der Waals surface area (Å²) in [6, 6.07) is 8.23. The molecule has 23 heavy (non-hydrogen) atoms. The number of carbonyl (C=O) groups is 3. The maximum Gasteiger partial charge on any atom is 0.407 e. The molecule has 0 aliphatic rings. The molecular formula is C17H23NO5. The Kier molecular flexibility index (Phi) is 6.75. The first-order valence-electron chi connectivity index (χ1n) is 7.32. The van der Waals surface area contributed by atoms with Gasteiger partial charge in [-0.3, -0.25) is 9.59 Å². The highest BCUT2D eigenvalue weighted by atomic mass is 16.5. The van der Waals surface area contributed by atoms with E-state index in [-0.39, 0.29) is 18.8 Å². The molecule has 0 bridgehead atoms. The third-order valence-corrected chi connectivity index (χ3v) is 3.15. The van der Waals surface area contributed by atoms with E-state index >= 15 is 0 Å². The fourth-order valence-electron chi connectivity index (χ4n) is 1.90. The Balaban J connectivity index is 2.66.